The van der Waals surface area contributed by atoms with Gasteiger partial charge in [-0.15, -0.1) is 0 Å². The molecular formula is C16H18BrNO3. The molecule has 0 aliphatic rings. The Kier molecular flexibility index (Phi) is 5.09. The Hall–Kier alpha value is -1.72. The summed E-state index contributed by atoms with van der Waals surface area (Å²) in [7, 11) is 3.19. The minimum absolute atomic E-state index is 0.154. The van der Waals surface area contributed by atoms with Crippen LogP contribution < -0.4 is 19.9 Å². The van der Waals surface area contributed by atoms with Gasteiger partial charge in [0.1, 0.15) is 5.75 Å². The Morgan fingerprint density at radius 3 is 2.14 bits per heavy atom. The van der Waals surface area contributed by atoms with Crippen LogP contribution in [0.4, 0.5) is 0 Å². The van der Waals surface area contributed by atoms with Gasteiger partial charge in [-0.3, -0.25) is 0 Å². The topological polar surface area (TPSA) is 53.7 Å². The van der Waals surface area contributed by atoms with E-state index in [1.54, 1.807) is 14.2 Å². The van der Waals surface area contributed by atoms with E-state index in [1.807, 2.05) is 43.3 Å². The van der Waals surface area contributed by atoms with Crippen molar-refractivity contribution in [3.05, 3.63) is 46.4 Å². The van der Waals surface area contributed by atoms with Gasteiger partial charge in [0, 0.05) is 16.1 Å². The van der Waals surface area contributed by atoms with Gasteiger partial charge in [0.2, 0.25) is 5.75 Å². The zero-order chi connectivity index (χ0) is 15.4. The zero-order valence-corrected chi connectivity index (χ0v) is 13.8. The third-order valence-electron chi connectivity index (χ3n) is 3.06. The minimum atomic E-state index is -0.154. The Balaban J connectivity index is 2.47. The summed E-state index contributed by atoms with van der Waals surface area (Å²) in [4.78, 5) is 0. The van der Waals surface area contributed by atoms with Crippen molar-refractivity contribution in [3.8, 4) is 23.0 Å². The van der Waals surface area contributed by atoms with Gasteiger partial charge in [0.05, 0.1) is 14.2 Å². The van der Waals surface area contributed by atoms with Crippen molar-refractivity contribution in [2.45, 2.75) is 13.0 Å². The quantitative estimate of drug-likeness (QED) is 0.873. The summed E-state index contributed by atoms with van der Waals surface area (Å²) in [5, 5.41) is 0. The Bertz CT molecular complexity index is 607. The normalized spacial score (nSPS) is 11.9. The van der Waals surface area contributed by atoms with Gasteiger partial charge in [-0.1, -0.05) is 22.0 Å². The molecule has 4 nitrogen and oxygen atoms in total. The molecule has 0 fully saturated rings. The van der Waals surface area contributed by atoms with E-state index >= 15 is 0 Å². The molecule has 5 heteroatoms. The molecule has 0 saturated heterocycles. The van der Waals surface area contributed by atoms with E-state index in [1.165, 1.54) is 0 Å². The number of nitrogens with two attached hydrogens (primary N) is 1. The maximum atomic E-state index is 6.02. The van der Waals surface area contributed by atoms with E-state index in [4.69, 9.17) is 19.9 Å². The van der Waals surface area contributed by atoms with E-state index in [9.17, 15) is 0 Å². The van der Waals surface area contributed by atoms with Crippen LogP contribution in [0.5, 0.6) is 23.0 Å². The number of rotatable bonds is 5. The van der Waals surface area contributed by atoms with E-state index in [0.717, 1.165) is 10.0 Å². The number of methoxy groups -OCH3 is 2. The van der Waals surface area contributed by atoms with E-state index < -0.39 is 0 Å². The monoisotopic (exact) mass is 351 g/mol. The molecule has 0 aliphatic heterocycles. The van der Waals surface area contributed by atoms with Crippen LogP contribution in [0, 0.1) is 0 Å². The van der Waals surface area contributed by atoms with Crippen LogP contribution in [0.1, 0.15) is 18.5 Å². The SMILES string of the molecule is COc1cccc(OC)c1Oc1ccc(Br)cc1C(C)N. The molecule has 112 valence electrons. The van der Waals surface area contributed by atoms with Crippen molar-refractivity contribution in [2.24, 2.45) is 5.73 Å². The summed E-state index contributed by atoms with van der Waals surface area (Å²) in [6.07, 6.45) is 0. The first-order valence-electron chi connectivity index (χ1n) is 6.50. The van der Waals surface area contributed by atoms with Crippen molar-refractivity contribution in [3.63, 3.8) is 0 Å². The van der Waals surface area contributed by atoms with Crippen LogP contribution in [0.2, 0.25) is 0 Å². The Morgan fingerprint density at radius 1 is 1.00 bits per heavy atom. The molecule has 0 aliphatic carbocycles. The summed E-state index contributed by atoms with van der Waals surface area (Å²) in [6.45, 7) is 1.91. The predicted octanol–water partition coefficient (Wildman–Crippen LogP) is 4.28. The van der Waals surface area contributed by atoms with Gasteiger partial charge in [0.25, 0.3) is 0 Å². The minimum Gasteiger partial charge on any atom is -0.493 e. The number of ether oxygens (including phenoxy) is 3. The predicted molar refractivity (Wildman–Crippen MR) is 86.4 cm³/mol. The average molecular weight is 352 g/mol. The first kappa shape index (κ1) is 15.7. The number of hydrogen-bond acceptors (Lipinski definition) is 4. The van der Waals surface area contributed by atoms with Gasteiger partial charge in [-0.2, -0.15) is 0 Å². The summed E-state index contributed by atoms with van der Waals surface area (Å²) in [5.41, 5.74) is 6.92. The summed E-state index contributed by atoms with van der Waals surface area (Å²) >= 11 is 3.45. The Morgan fingerprint density at radius 2 is 1.62 bits per heavy atom. The van der Waals surface area contributed by atoms with Crippen LogP contribution in [-0.2, 0) is 0 Å². The van der Waals surface area contributed by atoms with Crippen molar-refractivity contribution in [1.29, 1.82) is 0 Å². The molecule has 0 radical (unpaired) electrons. The van der Waals surface area contributed by atoms with Gasteiger partial charge < -0.3 is 19.9 Å². The molecule has 0 saturated carbocycles. The van der Waals surface area contributed by atoms with Gasteiger partial charge >= 0.3 is 0 Å². The number of benzene rings is 2. The lowest BCUT2D eigenvalue weighted by atomic mass is 10.1. The fourth-order valence-corrected chi connectivity index (χ4v) is 2.37. The first-order chi connectivity index (χ1) is 10.1. The van der Waals surface area contributed by atoms with Crippen molar-refractivity contribution in [1.82, 2.24) is 0 Å². The zero-order valence-electron chi connectivity index (χ0n) is 12.2. The fourth-order valence-electron chi connectivity index (χ4n) is 2.00. The molecule has 2 aromatic rings. The second kappa shape index (κ2) is 6.83. The lowest BCUT2D eigenvalue weighted by Gasteiger charge is -2.17. The molecule has 0 heterocycles. The maximum Gasteiger partial charge on any atom is 0.211 e. The van der Waals surface area contributed by atoms with Crippen molar-refractivity contribution < 1.29 is 14.2 Å². The molecule has 21 heavy (non-hydrogen) atoms. The number of halogens is 1. The second-order valence-electron chi connectivity index (χ2n) is 4.56. The molecule has 2 aromatic carbocycles. The highest BCUT2D eigenvalue weighted by molar-refractivity contribution is 9.10. The lowest BCUT2D eigenvalue weighted by molar-refractivity contribution is 0.344. The highest BCUT2D eigenvalue weighted by Gasteiger charge is 2.16. The van der Waals surface area contributed by atoms with Crippen LogP contribution >= 0.6 is 15.9 Å². The largest absolute Gasteiger partial charge is 0.493 e. The standard InChI is InChI=1S/C16H18BrNO3/c1-10(18)12-9-11(17)7-8-13(12)21-16-14(19-2)5-4-6-15(16)20-3/h4-10H,18H2,1-3H3. The van der Waals surface area contributed by atoms with Gasteiger partial charge in [-0.05, 0) is 37.3 Å². The van der Waals surface area contributed by atoms with E-state index in [0.29, 0.717) is 23.0 Å². The Labute approximate surface area is 132 Å². The maximum absolute atomic E-state index is 6.02. The highest BCUT2D eigenvalue weighted by atomic mass is 79.9. The summed E-state index contributed by atoms with van der Waals surface area (Å²) < 4.78 is 17.6. The van der Waals surface area contributed by atoms with Crippen LogP contribution in [0.25, 0.3) is 0 Å². The number of hydrogen-bond donors (Lipinski definition) is 1. The van der Waals surface area contributed by atoms with Crippen molar-refractivity contribution >= 4 is 15.9 Å². The molecule has 0 amide bonds. The van der Waals surface area contributed by atoms with E-state index in [2.05, 4.69) is 15.9 Å². The highest BCUT2D eigenvalue weighted by Crippen LogP contribution is 2.41. The molecule has 1 unspecified atom stereocenters. The fraction of sp³-hybridized carbons (Fsp3) is 0.250. The lowest BCUT2D eigenvalue weighted by Crippen LogP contribution is -2.07. The van der Waals surface area contributed by atoms with Gasteiger partial charge in [0.15, 0.2) is 11.5 Å². The second-order valence-corrected chi connectivity index (χ2v) is 5.48. The van der Waals surface area contributed by atoms with Crippen molar-refractivity contribution in [2.75, 3.05) is 14.2 Å². The molecule has 2 N–H and O–H groups in total. The molecular weight excluding hydrogens is 334 g/mol. The molecule has 0 spiro atoms. The summed E-state index contributed by atoms with van der Waals surface area (Å²) in [5.74, 6) is 2.42. The number of para-hydroxylation sites is 1. The van der Waals surface area contributed by atoms with Crippen LogP contribution in [-0.4, -0.2) is 14.2 Å². The third-order valence-corrected chi connectivity index (χ3v) is 3.55. The first-order valence-corrected chi connectivity index (χ1v) is 7.30. The molecule has 2 rings (SSSR count). The molecule has 0 aromatic heterocycles. The van der Waals surface area contributed by atoms with Gasteiger partial charge in [-0.25, -0.2) is 0 Å². The van der Waals surface area contributed by atoms with Crippen LogP contribution in [0.3, 0.4) is 0 Å². The van der Waals surface area contributed by atoms with E-state index in [-0.39, 0.29) is 6.04 Å². The molecule has 0 bridgehead atoms. The molecule has 1 atom stereocenters. The average Bonchev–Trinajstić information content (AvgIpc) is 2.48. The summed E-state index contributed by atoms with van der Waals surface area (Å²) in [6, 6.07) is 11.1. The van der Waals surface area contributed by atoms with Crippen LogP contribution in [0.15, 0.2) is 40.9 Å². The third kappa shape index (κ3) is 3.49. The smallest absolute Gasteiger partial charge is 0.211 e.